The van der Waals surface area contributed by atoms with Gasteiger partial charge < -0.3 is 14.8 Å². The van der Waals surface area contributed by atoms with Crippen molar-refractivity contribution in [1.29, 1.82) is 0 Å². The first-order valence-electron chi connectivity index (χ1n) is 7.49. The zero-order chi connectivity index (χ0) is 15.9. The van der Waals surface area contributed by atoms with Gasteiger partial charge in [-0.25, -0.2) is 0 Å². The molecular formula is C17H27NO3. The molecule has 0 radical (unpaired) electrons. The van der Waals surface area contributed by atoms with E-state index in [1.807, 2.05) is 33.8 Å². The number of hydrogen-bond acceptors (Lipinski definition) is 4. The minimum absolute atomic E-state index is 0.209. The highest BCUT2D eigenvalue weighted by atomic mass is 16.5. The van der Waals surface area contributed by atoms with E-state index in [9.17, 15) is 4.79 Å². The summed E-state index contributed by atoms with van der Waals surface area (Å²) < 4.78 is 10.9. The molecule has 0 aliphatic carbocycles. The molecule has 0 aliphatic heterocycles. The van der Waals surface area contributed by atoms with Gasteiger partial charge in [0.2, 0.25) is 0 Å². The minimum Gasteiger partial charge on any atom is -0.493 e. The third-order valence-corrected chi connectivity index (χ3v) is 3.70. The van der Waals surface area contributed by atoms with Crippen LogP contribution in [0.1, 0.15) is 37.8 Å². The van der Waals surface area contributed by atoms with Crippen molar-refractivity contribution in [2.24, 2.45) is 0 Å². The molecule has 21 heavy (non-hydrogen) atoms. The molecule has 4 nitrogen and oxygen atoms in total. The summed E-state index contributed by atoms with van der Waals surface area (Å²) in [5.74, 6) is 0.705. The maximum atomic E-state index is 11.9. The molecule has 0 saturated carbocycles. The summed E-state index contributed by atoms with van der Waals surface area (Å²) in [6, 6.07) is 6.17. The quantitative estimate of drug-likeness (QED) is 0.591. The molecule has 4 heteroatoms. The third-order valence-electron chi connectivity index (χ3n) is 3.70. The van der Waals surface area contributed by atoms with Gasteiger partial charge in [-0.2, -0.15) is 0 Å². The Morgan fingerprint density at radius 1 is 1.33 bits per heavy atom. The van der Waals surface area contributed by atoms with Gasteiger partial charge in [0.1, 0.15) is 11.3 Å². The Labute approximate surface area is 127 Å². The SMILES string of the molecule is CCOC(=O)C(C)(CCCOc1cc(C)ccc1C)NC. The van der Waals surface area contributed by atoms with E-state index in [0.717, 1.165) is 17.7 Å². The highest BCUT2D eigenvalue weighted by molar-refractivity contribution is 5.80. The standard InChI is InChI=1S/C17H27NO3/c1-6-20-16(19)17(4,18-5)10-7-11-21-15-12-13(2)8-9-14(15)3/h8-9,12,18H,6-7,10-11H2,1-5H3. The zero-order valence-corrected chi connectivity index (χ0v) is 13.8. The Balaban J connectivity index is 2.48. The van der Waals surface area contributed by atoms with Crippen LogP contribution in [0.3, 0.4) is 0 Å². The van der Waals surface area contributed by atoms with Gasteiger partial charge in [-0.1, -0.05) is 12.1 Å². The number of likely N-dealkylation sites (N-methyl/N-ethyl adjacent to an activating group) is 1. The van der Waals surface area contributed by atoms with E-state index in [0.29, 0.717) is 19.6 Å². The van der Waals surface area contributed by atoms with E-state index in [1.54, 1.807) is 7.05 Å². The number of ether oxygens (including phenoxy) is 2. The molecule has 1 aromatic rings. The molecule has 0 aliphatic rings. The predicted octanol–water partition coefficient (Wildman–Crippen LogP) is 3.00. The number of benzene rings is 1. The largest absolute Gasteiger partial charge is 0.493 e. The van der Waals surface area contributed by atoms with Gasteiger partial charge in [-0.05, 0) is 64.8 Å². The first-order chi connectivity index (χ1) is 9.92. The Bertz CT molecular complexity index is 473. The Morgan fingerprint density at radius 2 is 2.05 bits per heavy atom. The van der Waals surface area contributed by atoms with Crippen LogP contribution in [0.4, 0.5) is 0 Å². The first-order valence-corrected chi connectivity index (χ1v) is 7.49. The Hall–Kier alpha value is -1.55. The first kappa shape index (κ1) is 17.5. The van der Waals surface area contributed by atoms with Gasteiger partial charge in [0.05, 0.1) is 13.2 Å². The molecule has 0 fully saturated rings. The van der Waals surface area contributed by atoms with Gasteiger partial charge in [0, 0.05) is 0 Å². The van der Waals surface area contributed by atoms with Crippen LogP contribution in [0.5, 0.6) is 5.75 Å². The second-order valence-electron chi connectivity index (χ2n) is 5.52. The molecule has 1 aromatic carbocycles. The van der Waals surface area contributed by atoms with Crippen LogP contribution in [0.25, 0.3) is 0 Å². The molecule has 118 valence electrons. The van der Waals surface area contributed by atoms with Gasteiger partial charge in [-0.15, -0.1) is 0 Å². The Morgan fingerprint density at radius 3 is 2.67 bits per heavy atom. The van der Waals surface area contributed by atoms with Crippen LogP contribution in [0.2, 0.25) is 0 Å². The lowest BCUT2D eigenvalue weighted by Crippen LogP contribution is -2.48. The maximum absolute atomic E-state index is 11.9. The fraction of sp³-hybridized carbons (Fsp3) is 0.588. The normalized spacial score (nSPS) is 13.6. The van der Waals surface area contributed by atoms with Gasteiger partial charge in [-0.3, -0.25) is 4.79 Å². The lowest BCUT2D eigenvalue weighted by atomic mass is 9.96. The fourth-order valence-corrected chi connectivity index (χ4v) is 2.09. The van der Waals surface area contributed by atoms with E-state index in [4.69, 9.17) is 9.47 Å². The van der Waals surface area contributed by atoms with Crippen LogP contribution in [-0.2, 0) is 9.53 Å². The third kappa shape index (κ3) is 5.05. The summed E-state index contributed by atoms with van der Waals surface area (Å²) in [5, 5.41) is 3.05. The fourth-order valence-electron chi connectivity index (χ4n) is 2.09. The smallest absolute Gasteiger partial charge is 0.326 e. The molecule has 0 spiro atoms. The summed E-state index contributed by atoms with van der Waals surface area (Å²) in [4.78, 5) is 11.9. The average molecular weight is 293 g/mol. The van der Waals surface area contributed by atoms with Crippen molar-refractivity contribution in [3.05, 3.63) is 29.3 Å². The lowest BCUT2D eigenvalue weighted by molar-refractivity contribution is -0.150. The number of aryl methyl sites for hydroxylation is 2. The van der Waals surface area contributed by atoms with Crippen molar-refractivity contribution in [2.75, 3.05) is 20.3 Å². The summed E-state index contributed by atoms with van der Waals surface area (Å²) in [5.41, 5.74) is 1.66. The minimum atomic E-state index is -0.652. The lowest BCUT2D eigenvalue weighted by Gasteiger charge is -2.26. The average Bonchev–Trinajstić information content (AvgIpc) is 2.47. The second kappa shape index (κ2) is 8.03. The van der Waals surface area contributed by atoms with E-state index >= 15 is 0 Å². The van der Waals surface area contributed by atoms with Crippen molar-refractivity contribution in [1.82, 2.24) is 5.32 Å². The highest BCUT2D eigenvalue weighted by Gasteiger charge is 2.32. The number of nitrogens with one attached hydrogen (secondary N) is 1. The van der Waals surface area contributed by atoms with Crippen molar-refractivity contribution in [3.8, 4) is 5.75 Å². The molecular weight excluding hydrogens is 266 g/mol. The van der Waals surface area contributed by atoms with Crippen LogP contribution >= 0.6 is 0 Å². The number of rotatable bonds is 8. The number of hydrogen-bond donors (Lipinski definition) is 1. The van der Waals surface area contributed by atoms with E-state index in [-0.39, 0.29) is 5.97 Å². The maximum Gasteiger partial charge on any atom is 0.326 e. The monoisotopic (exact) mass is 293 g/mol. The van der Waals surface area contributed by atoms with Gasteiger partial charge in [0.25, 0.3) is 0 Å². The molecule has 1 N–H and O–H groups in total. The van der Waals surface area contributed by atoms with Crippen LogP contribution in [0, 0.1) is 13.8 Å². The van der Waals surface area contributed by atoms with Crippen molar-refractivity contribution >= 4 is 5.97 Å². The number of esters is 1. The van der Waals surface area contributed by atoms with Crippen molar-refractivity contribution in [2.45, 2.75) is 46.1 Å². The summed E-state index contributed by atoms with van der Waals surface area (Å²) in [7, 11) is 1.78. The highest BCUT2D eigenvalue weighted by Crippen LogP contribution is 2.20. The van der Waals surface area contributed by atoms with E-state index in [2.05, 4.69) is 17.4 Å². The van der Waals surface area contributed by atoms with E-state index in [1.165, 1.54) is 5.56 Å². The summed E-state index contributed by atoms with van der Waals surface area (Å²) in [6.45, 7) is 8.74. The van der Waals surface area contributed by atoms with Gasteiger partial charge >= 0.3 is 5.97 Å². The molecule has 0 amide bonds. The molecule has 1 unspecified atom stereocenters. The zero-order valence-electron chi connectivity index (χ0n) is 13.8. The van der Waals surface area contributed by atoms with E-state index < -0.39 is 5.54 Å². The molecule has 1 rings (SSSR count). The van der Waals surface area contributed by atoms with Crippen molar-refractivity contribution in [3.63, 3.8) is 0 Å². The topological polar surface area (TPSA) is 47.6 Å². The van der Waals surface area contributed by atoms with Crippen LogP contribution in [-0.4, -0.2) is 31.8 Å². The second-order valence-corrected chi connectivity index (χ2v) is 5.52. The molecule has 0 aromatic heterocycles. The number of carbonyl (C=O) groups excluding carboxylic acids is 1. The molecule has 0 heterocycles. The summed E-state index contributed by atoms with van der Waals surface area (Å²) >= 11 is 0. The predicted molar refractivity (Wildman–Crippen MR) is 84.7 cm³/mol. The van der Waals surface area contributed by atoms with Gasteiger partial charge in [0.15, 0.2) is 0 Å². The molecule has 1 atom stereocenters. The van der Waals surface area contributed by atoms with Crippen molar-refractivity contribution < 1.29 is 14.3 Å². The Kier molecular flexibility index (Phi) is 6.69. The number of carbonyl (C=O) groups is 1. The van der Waals surface area contributed by atoms with Crippen LogP contribution in [0.15, 0.2) is 18.2 Å². The summed E-state index contributed by atoms with van der Waals surface area (Å²) in [6.07, 6.45) is 1.46. The van der Waals surface area contributed by atoms with Crippen LogP contribution < -0.4 is 10.1 Å². The molecule has 0 saturated heterocycles. The molecule has 0 bridgehead atoms.